The summed E-state index contributed by atoms with van der Waals surface area (Å²) in [6, 6.07) is 8.69. The molecule has 1 aromatic rings. The number of rotatable bonds is 0. The zero-order valence-electron chi connectivity index (χ0n) is 11.9. The Balaban J connectivity index is 1.80. The standard InChI is InChI=1S/C18H16Cl2O/c1-17(2)18(21-17)15-9-5-3-4-6-10(9)16(18)14-12(20)8-7-11(19)13(14)15/h3-8,11-12,15-16H,1-2H3/t11-,12-,15+,16+/m0/s1. The molecule has 1 saturated heterocycles. The number of fused-ring (bicyclic) bond motifs is 5. The van der Waals surface area contributed by atoms with E-state index >= 15 is 0 Å². The van der Waals surface area contributed by atoms with E-state index in [1.165, 1.54) is 22.3 Å². The summed E-state index contributed by atoms with van der Waals surface area (Å²) in [4.78, 5) is 0. The maximum Gasteiger partial charge on any atom is 0.119 e. The Kier molecular flexibility index (Phi) is 2.18. The van der Waals surface area contributed by atoms with Gasteiger partial charge >= 0.3 is 0 Å². The molecule has 5 rings (SSSR count). The quantitative estimate of drug-likeness (QED) is 0.389. The summed E-state index contributed by atoms with van der Waals surface area (Å²) in [5.41, 5.74) is 5.09. The average Bonchev–Trinajstić information content (AvgIpc) is 2.78. The molecule has 1 nitrogen and oxygen atoms in total. The molecule has 108 valence electrons. The van der Waals surface area contributed by atoms with E-state index in [9.17, 15) is 0 Å². The van der Waals surface area contributed by atoms with Crippen LogP contribution in [0, 0.1) is 0 Å². The summed E-state index contributed by atoms with van der Waals surface area (Å²) in [7, 11) is 0. The van der Waals surface area contributed by atoms with Crippen molar-refractivity contribution in [2.24, 2.45) is 0 Å². The fourth-order valence-corrected chi connectivity index (χ4v) is 5.72. The van der Waals surface area contributed by atoms with Gasteiger partial charge in [0.1, 0.15) is 5.60 Å². The van der Waals surface area contributed by atoms with Gasteiger partial charge in [0.15, 0.2) is 0 Å². The number of ether oxygens (including phenoxy) is 1. The molecule has 0 unspecified atom stereocenters. The Morgan fingerprint density at radius 2 is 1.33 bits per heavy atom. The molecular weight excluding hydrogens is 303 g/mol. The topological polar surface area (TPSA) is 12.5 Å². The molecule has 4 atom stereocenters. The van der Waals surface area contributed by atoms with Crippen molar-refractivity contribution in [2.45, 2.75) is 47.6 Å². The Morgan fingerprint density at radius 1 is 0.905 bits per heavy atom. The minimum atomic E-state index is -0.159. The van der Waals surface area contributed by atoms with Crippen LogP contribution in [-0.4, -0.2) is 22.0 Å². The third kappa shape index (κ3) is 1.23. The highest BCUT2D eigenvalue weighted by Gasteiger charge is 2.79. The predicted octanol–water partition coefficient (Wildman–Crippen LogP) is 4.51. The second kappa shape index (κ2) is 3.59. The first-order valence-electron chi connectivity index (χ1n) is 7.48. The number of halogens is 2. The SMILES string of the molecule is CC1(C)OC12[C@H]1C3=C([C@@H](Cl)C=C[C@@H]3Cl)[C@H]2c2ccccc21. The molecular formula is C18H16Cl2O. The molecule has 3 aliphatic carbocycles. The largest absolute Gasteiger partial charge is 0.361 e. The van der Waals surface area contributed by atoms with Crippen molar-refractivity contribution in [3.63, 3.8) is 0 Å². The van der Waals surface area contributed by atoms with Crippen LogP contribution in [-0.2, 0) is 4.74 Å². The summed E-state index contributed by atoms with van der Waals surface area (Å²) in [6.07, 6.45) is 4.06. The molecule has 1 heterocycles. The second-order valence-corrected chi connectivity index (χ2v) is 7.94. The van der Waals surface area contributed by atoms with E-state index in [-0.39, 0.29) is 33.8 Å². The summed E-state index contributed by atoms with van der Waals surface area (Å²) in [6.45, 7) is 4.38. The lowest BCUT2D eigenvalue weighted by molar-refractivity contribution is 0.262. The van der Waals surface area contributed by atoms with E-state index in [2.05, 4.69) is 38.1 Å². The molecule has 0 radical (unpaired) electrons. The molecule has 1 spiro atoms. The van der Waals surface area contributed by atoms with Crippen molar-refractivity contribution in [1.29, 1.82) is 0 Å². The van der Waals surface area contributed by atoms with E-state index in [0.717, 1.165) is 0 Å². The molecule has 3 heteroatoms. The minimum Gasteiger partial charge on any atom is -0.361 e. The van der Waals surface area contributed by atoms with Crippen molar-refractivity contribution in [3.8, 4) is 0 Å². The zero-order chi connectivity index (χ0) is 14.6. The van der Waals surface area contributed by atoms with Crippen LogP contribution in [0.15, 0.2) is 47.6 Å². The van der Waals surface area contributed by atoms with Crippen molar-refractivity contribution < 1.29 is 4.74 Å². The van der Waals surface area contributed by atoms with Crippen molar-refractivity contribution >= 4 is 23.2 Å². The highest BCUT2D eigenvalue weighted by molar-refractivity contribution is 6.27. The van der Waals surface area contributed by atoms with Crippen LogP contribution in [0.1, 0.15) is 36.8 Å². The number of alkyl halides is 2. The van der Waals surface area contributed by atoms with Gasteiger partial charge in [-0.3, -0.25) is 0 Å². The second-order valence-electron chi connectivity index (χ2n) is 7.00. The maximum absolute atomic E-state index is 6.63. The zero-order valence-corrected chi connectivity index (χ0v) is 13.4. The van der Waals surface area contributed by atoms with Gasteiger partial charge in [-0.1, -0.05) is 36.4 Å². The molecule has 4 aliphatic rings. The number of hydrogen-bond acceptors (Lipinski definition) is 1. The lowest BCUT2D eigenvalue weighted by atomic mass is 9.81. The highest BCUT2D eigenvalue weighted by atomic mass is 35.5. The van der Waals surface area contributed by atoms with Crippen LogP contribution in [0.2, 0.25) is 0 Å². The monoisotopic (exact) mass is 318 g/mol. The van der Waals surface area contributed by atoms with Gasteiger partial charge in [-0.15, -0.1) is 23.2 Å². The van der Waals surface area contributed by atoms with Gasteiger partial charge in [-0.05, 0) is 36.1 Å². The summed E-state index contributed by atoms with van der Waals surface area (Å²) < 4.78 is 6.32. The van der Waals surface area contributed by atoms with Crippen LogP contribution in [0.3, 0.4) is 0 Å². The highest BCUT2D eigenvalue weighted by Crippen LogP contribution is 2.77. The first-order valence-corrected chi connectivity index (χ1v) is 8.35. The summed E-state index contributed by atoms with van der Waals surface area (Å²) in [5, 5.41) is -0.120. The fourth-order valence-electron chi connectivity index (χ4n) is 5.04. The van der Waals surface area contributed by atoms with E-state index in [1.807, 2.05) is 12.2 Å². The Labute approximate surface area is 134 Å². The number of benzene rings is 1. The molecule has 0 saturated carbocycles. The number of allylic oxidation sites excluding steroid dienone is 2. The van der Waals surface area contributed by atoms with Gasteiger partial charge in [0.2, 0.25) is 0 Å². The molecule has 1 aliphatic heterocycles. The Hall–Kier alpha value is -0.760. The molecule has 0 amide bonds. The van der Waals surface area contributed by atoms with Gasteiger partial charge in [0.25, 0.3) is 0 Å². The van der Waals surface area contributed by atoms with Crippen LogP contribution in [0.25, 0.3) is 0 Å². The van der Waals surface area contributed by atoms with Crippen LogP contribution in [0.4, 0.5) is 0 Å². The van der Waals surface area contributed by atoms with E-state index in [1.54, 1.807) is 0 Å². The molecule has 0 N–H and O–H groups in total. The van der Waals surface area contributed by atoms with Gasteiger partial charge in [-0.2, -0.15) is 0 Å². The van der Waals surface area contributed by atoms with Crippen molar-refractivity contribution in [1.82, 2.24) is 0 Å². The minimum absolute atomic E-state index is 0.0600. The van der Waals surface area contributed by atoms with E-state index in [4.69, 9.17) is 27.9 Å². The van der Waals surface area contributed by atoms with E-state index < -0.39 is 0 Å². The Morgan fingerprint density at radius 3 is 1.71 bits per heavy atom. The van der Waals surface area contributed by atoms with Crippen LogP contribution in [0.5, 0.6) is 0 Å². The summed E-state index contributed by atoms with van der Waals surface area (Å²) >= 11 is 13.3. The Bertz CT molecular complexity index is 681. The molecule has 1 fully saturated rings. The molecule has 2 bridgehead atoms. The molecule has 0 aromatic heterocycles. The smallest absolute Gasteiger partial charge is 0.119 e. The normalized spacial score (nSPS) is 44.2. The van der Waals surface area contributed by atoms with Gasteiger partial charge in [-0.25, -0.2) is 0 Å². The third-order valence-corrected chi connectivity index (χ3v) is 6.56. The van der Waals surface area contributed by atoms with E-state index in [0.29, 0.717) is 0 Å². The summed E-state index contributed by atoms with van der Waals surface area (Å²) in [5.74, 6) is 0.523. The number of epoxide rings is 1. The molecule has 21 heavy (non-hydrogen) atoms. The average molecular weight is 319 g/mol. The lowest BCUT2D eigenvalue weighted by Gasteiger charge is -2.28. The predicted molar refractivity (Wildman–Crippen MR) is 85.3 cm³/mol. The maximum atomic E-state index is 6.63. The van der Waals surface area contributed by atoms with Gasteiger partial charge < -0.3 is 4.74 Å². The van der Waals surface area contributed by atoms with Gasteiger partial charge in [0, 0.05) is 11.8 Å². The fraction of sp³-hybridized carbons (Fsp3) is 0.444. The first-order chi connectivity index (χ1) is 9.99. The van der Waals surface area contributed by atoms with Crippen LogP contribution < -0.4 is 0 Å². The molecule has 1 aromatic carbocycles. The number of hydrogen-bond donors (Lipinski definition) is 0. The lowest BCUT2D eigenvalue weighted by Crippen LogP contribution is -2.27. The van der Waals surface area contributed by atoms with Crippen molar-refractivity contribution in [3.05, 3.63) is 58.7 Å². The van der Waals surface area contributed by atoms with Gasteiger partial charge in [0.05, 0.1) is 16.4 Å². The first kappa shape index (κ1) is 12.8. The van der Waals surface area contributed by atoms with Crippen molar-refractivity contribution in [2.75, 3.05) is 0 Å². The van der Waals surface area contributed by atoms with Crippen LogP contribution >= 0.6 is 23.2 Å². The third-order valence-electron chi connectivity index (χ3n) is 5.80.